The second-order valence-corrected chi connectivity index (χ2v) is 5.24. The van der Waals surface area contributed by atoms with Crippen LogP contribution in [0, 0.1) is 17.8 Å². The van der Waals surface area contributed by atoms with Crippen molar-refractivity contribution in [1.29, 1.82) is 0 Å². The van der Waals surface area contributed by atoms with Gasteiger partial charge in [0.2, 0.25) is 0 Å². The highest BCUT2D eigenvalue weighted by Gasteiger charge is 2.49. The van der Waals surface area contributed by atoms with E-state index in [1.54, 1.807) is 6.92 Å². The summed E-state index contributed by atoms with van der Waals surface area (Å²) in [7, 11) is 0. The molecule has 116 valence electrons. The number of esters is 2. The van der Waals surface area contributed by atoms with E-state index in [2.05, 4.69) is 5.92 Å². The number of hydrogen-bond donors (Lipinski definition) is 0. The summed E-state index contributed by atoms with van der Waals surface area (Å²) in [5.74, 6) is 1.47. The van der Waals surface area contributed by atoms with E-state index in [4.69, 9.17) is 15.9 Å². The van der Waals surface area contributed by atoms with Gasteiger partial charge in [-0.05, 0) is 39.0 Å². The van der Waals surface area contributed by atoms with Crippen LogP contribution in [0.2, 0.25) is 0 Å². The van der Waals surface area contributed by atoms with Crippen molar-refractivity contribution in [2.24, 2.45) is 5.41 Å². The van der Waals surface area contributed by atoms with Crippen LogP contribution in [-0.4, -0.2) is 30.4 Å². The van der Waals surface area contributed by atoms with E-state index in [-0.39, 0.29) is 12.4 Å². The predicted molar refractivity (Wildman–Crippen MR) is 76.2 cm³/mol. The third kappa shape index (κ3) is 4.32. The highest BCUT2D eigenvalue weighted by atomic mass is 16.5. The molecule has 0 aliphatic heterocycles. The first-order valence-electron chi connectivity index (χ1n) is 7.30. The van der Waals surface area contributed by atoms with Crippen molar-refractivity contribution in [1.82, 2.24) is 0 Å². The Morgan fingerprint density at radius 2 is 2.19 bits per heavy atom. The van der Waals surface area contributed by atoms with E-state index in [1.165, 1.54) is 6.92 Å². The van der Waals surface area contributed by atoms with Gasteiger partial charge in [0, 0.05) is 13.3 Å². The van der Waals surface area contributed by atoms with Gasteiger partial charge in [0.15, 0.2) is 6.10 Å². The average molecular weight is 294 g/mol. The smallest absolute Gasteiger partial charge is 0.319 e. The molecule has 1 saturated carbocycles. The second kappa shape index (κ2) is 7.82. The lowest BCUT2D eigenvalue weighted by atomic mass is 9.80. The molecule has 0 aromatic heterocycles. The van der Waals surface area contributed by atoms with Crippen LogP contribution in [0.4, 0.5) is 0 Å². The van der Waals surface area contributed by atoms with Gasteiger partial charge in [-0.15, -0.1) is 6.42 Å². The van der Waals surface area contributed by atoms with Crippen molar-refractivity contribution in [3.05, 3.63) is 0 Å². The molecule has 0 aromatic carbocycles. The van der Waals surface area contributed by atoms with Crippen LogP contribution in [-0.2, 0) is 23.9 Å². The minimum atomic E-state index is -1.02. The summed E-state index contributed by atoms with van der Waals surface area (Å²) >= 11 is 0. The van der Waals surface area contributed by atoms with E-state index in [0.29, 0.717) is 38.5 Å². The fourth-order valence-corrected chi connectivity index (χ4v) is 2.75. The Morgan fingerprint density at radius 1 is 1.48 bits per heavy atom. The van der Waals surface area contributed by atoms with Crippen LogP contribution < -0.4 is 0 Å². The monoisotopic (exact) mass is 294 g/mol. The van der Waals surface area contributed by atoms with Crippen molar-refractivity contribution in [2.45, 2.75) is 58.5 Å². The predicted octanol–water partition coefficient (Wildman–Crippen LogP) is 2.02. The Hall–Kier alpha value is -1.83. The van der Waals surface area contributed by atoms with Crippen molar-refractivity contribution < 1.29 is 23.9 Å². The van der Waals surface area contributed by atoms with Gasteiger partial charge in [-0.3, -0.25) is 14.4 Å². The molecule has 5 nitrogen and oxygen atoms in total. The molecule has 0 aromatic rings. The quantitative estimate of drug-likeness (QED) is 0.408. The lowest BCUT2D eigenvalue weighted by molar-refractivity contribution is -0.159. The fourth-order valence-electron chi connectivity index (χ4n) is 2.75. The van der Waals surface area contributed by atoms with Crippen LogP contribution in [0.5, 0.6) is 0 Å². The highest BCUT2D eigenvalue weighted by Crippen LogP contribution is 2.40. The van der Waals surface area contributed by atoms with Gasteiger partial charge in [-0.25, -0.2) is 0 Å². The minimum Gasteiger partial charge on any atom is -0.465 e. The number of carbonyl (C=O) groups excluding carboxylic acids is 3. The molecule has 0 N–H and O–H groups in total. The number of ketones is 1. The number of ether oxygens (including phenoxy) is 2. The molecule has 0 amide bonds. The Morgan fingerprint density at radius 3 is 2.67 bits per heavy atom. The number of carbonyl (C=O) groups is 3. The summed E-state index contributed by atoms with van der Waals surface area (Å²) < 4.78 is 10.0. The molecule has 1 aliphatic carbocycles. The lowest BCUT2D eigenvalue weighted by Crippen LogP contribution is -2.37. The molecule has 1 fully saturated rings. The maximum Gasteiger partial charge on any atom is 0.319 e. The van der Waals surface area contributed by atoms with Gasteiger partial charge in [0.05, 0.1) is 6.61 Å². The van der Waals surface area contributed by atoms with Crippen LogP contribution >= 0.6 is 0 Å². The van der Waals surface area contributed by atoms with E-state index < -0.39 is 23.5 Å². The number of hydrogen-bond acceptors (Lipinski definition) is 5. The number of terminal acetylenes is 1. The molecule has 2 unspecified atom stereocenters. The van der Waals surface area contributed by atoms with Crippen molar-refractivity contribution in [3.63, 3.8) is 0 Å². The Balaban J connectivity index is 2.63. The zero-order valence-electron chi connectivity index (χ0n) is 12.6. The molecular formula is C16H22O5. The number of rotatable bonds is 7. The standard InChI is InChI=1S/C16H22O5/c1-4-13(21-12(3)17)8-6-10-16(15(19)20-5-2)11-7-9-14(16)18/h1,13H,5-11H2,2-3H3. The summed E-state index contributed by atoms with van der Waals surface area (Å²) in [5, 5.41) is 0. The van der Waals surface area contributed by atoms with Gasteiger partial charge >= 0.3 is 11.9 Å². The summed E-state index contributed by atoms with van der Waals surface area (Å²) in [6.07, 6.45) is 7.70. The molecule has 0 spiro atoms. The van der Waals surface area contributed by atoms with E-state index in [1.807, 2.05) is 0 Å². The Labute approximate surface area is 125 Å². The summed E-state index contributed by atoms with van der Waals surface area (Å²) in [6, 6.07) is 0. The fraction of sp³-hybridized carbons (Fsp3) is 0.688. The van der Waals surface area contributed by atoms with E-state index in [9.17, 15) is 14.4 Å². The summed E-state index contributed by atoms with van der Waals surface area (Å²) in [6.45, 7) is 3.28. The molecule has 0 saturated heterocycles. The lowest BCUT2D eigenvalue weighted by Gasteiger charge is -2.25. The first-order chi connectivity index (χ1) is 9.96. The summed E-state index contributed by atoms with van der Waals surface area (Å²) in [4.78, 5) is 35.1. The normalized spacial score (nSPS) is 22.4. The largest absolute Gasteiger partial charge is 0.465 e. The van der Waals surface area contributed by atoms with Crippen LogP contribution in [0.15, 0.2) is 0 Å². The second-order valence-electron chi connectivity index (χ2n) is 5.24. The summed E-state index contributed by atoms with van der Waals surface area (Å²) in [5.41, 5.74) is -1.02. The van der Waals surface area contributed by atoms with Gasteiger partial charge in [-0.1, -0.05) is 5.92 Å². The molecule has 1 aliphatic rings. The maximum absolute atomic E-state index is 12.1. The average Bonchev–Trinajstić information content (AvgIpc) is 2.80. The van der Waals surface area contributed by atoms with Crippen molar-refractivity contribution in [2.75, 3.05) is 6.61 Å². The van der Waals surface area contributed by atoms with Crippen LogP contribution in [0.25, 0.3) is 0 Å². The van der Waals surface area contributed by atoms with E-state index in [0.717, 1.165) is 0 Å². The molecule has 5 heteroatoms. The third-order valence-electron chi connectivity index (χ3n) is 3.77. The first-order valence-corrected chi connectivity index (χ1v) is 7.30. The van der Waals surface area contributed by atoms with Crippen LogP contribution in [0.1, 0.15) is 52.4 Å². The van der Waals surface area contributed by atoms with Gasteiger partial charge in [0.1, 0.15) is 11.2 Å². The third-order valence-corrected chi connectivity index (χ3v) is 3.77. The van der Waals surface area contributed by atoms with Gasteiger partial charge in [0.25, 0.3) is 0 Å². The zero-order chi connectivity index (χ0) is 15.9. The molecule has 0 heterocycles. The molecule has 0 radical (unpaired) electrons. The molecule has 2 atom stereocenters. The Bertz CT molecular complexity index is 448. The van der Waals surface area contributed by atoms with Crippen molar-refractivity contribution in [3.8, 4) is 12.3 Å². The molecule has 0 bridgehead atoms. The molecule has 1 rings (SSSR count). The topological polar surface area (TPSA) is 69.7 Å². The first kappa shape index (κ1) is 17.2. The molecule has 21 heavy (non-hydrogen) atoms. The zero-order valence-corrected chi connectivity index (χ0v) is 12.6. The highest BCUT2D eigenvalue weighted by molar-refractivity contribution is 6.05. The number of Topliss-reactive ketones (excluding diaryl/α,β-unsaturated/α-hetero) is 1. The van der Waals surface area contributed by atoms with Crippen LogP contribution in [0.3, 0.4) is 0 Å². The SMILES string of the molecule is C#CC(CCCC1(C(=O)OCC)CCCC1=O)OC(C)=O. The maximum atomic E-state index is 12.1. The van der Waals surface area contributed by atoms with Gasteiger partial charge < -0.3 is 9.47 Å². The van der Waals surface area contributed by atoms with E-state index >= 15 is 0 Å². The van der Waals surface area contributed by atoms with Crippen molar-refractivity contribution >= 4 is 17.7 Å². The molecular weight excluding hydrogens is 272 g/mol. The van der Waals surface area contributed by atoms with Gasteiger partial charge in [-0.2, -0.15) is 0 Å². The minimum absolute atomic E-state index is 0.0503. The Kier molecular flexibility index (Phi) is 6.41.